The van der Waals surface area contributed by atoms with Crippen LogP contribution in [0.5, 0.6) is 0 Å². The minimum absolute atomic E-state index is 0.493. The molecular weight excluding hydrogens is 350 g/mol. The summed E-state index contributed by atoms with van der Waals surface area (Å²) in [5.41, 5.74) is 2.03. The lowest BCUT2D eigenvalue weighted by Gasteiger charge is -2.35. The van der Waals surface area contributed by atoms with E-state index in [1.54, 1.807) is 6.07 Å². The van der Waals surface area contributed by atoms with Crippen LogP contribution < -0.4 is 0 Å². The second-order valence-corrected chi connectivity index (χ2v) is 8.82. The Labute approximate surface area is 170 Å². The van der Waals surface area contributed by atoms with Gasteiger partial charge in [-0.3, -0.25) is 0 Å². The largest absolute Gasteiger partial charge is 0.203 e. The van der Waals surface area contributed by atoms with E-state index in [0.29, 0.717) is 17.5 Å². The first-order valence-corrected chi connectivity index (χ1v) is 11.4. The minimum atomic E-state index is -0.634. The second kappa shape index (κ2) is 10.4. The quantitative estimate of drug-likeness (QED) is 0.327. The summed E-state index contributed by atoms with van der Waals surface area (Å²) < 4.78 is 29.2. The standard InChI is InChI=1S/C26H36F2/c1-3-5-6-8-23-17-18-24(26(28)25(23)27)22-15-13-21(14-16-22)20-11-9-19(7-4-2)10-12-20/h4,7,15,17-21H,3,5-6,8-14,16H2,1-2H3/b7-4+. The molecule has 2 heteroatoms. The Morgan fingerprint density at radius 2 is 1.75 bits per heavy atom. The Morgan fingerprint density at radius 3 is 2.39 bits per heavy atom. The highest BCUT2D eigenvalue weighted by atomic mass is 19.2. The van der Waals surface area contributed by atoms with E-state index < -0.39 is 11.6 Å². The molecule has 2 aliphatic rings. The van der Waals surface area contributed by atoms with Gasteiger partial charge in [-0.1, -0.05) is 50.1 Å². The van der Waals surface area contributed by atoms with Crippen LogP contribution in [-0.4, -0.2) is 0 Å². The van der Waals surface area contributed by atoms with Gasteiger partial charge in [0.05, 0.1) is 0 Å². The van der Waals surface area contributed by atoms with Crippen LogP contribution in [0, 0.1) is 29.4 Å². The zero-order chi connectivity index (χ0) is 19.9. The molecule has 1 atom stereocenters. The summed E-state index contributed by atoms with van der Waals surface area (Å²) in [6, 6.07) is 3.62. The summed E-state index contributed by atoms with van der Waals surface area (Å²) in [7, 11) is 0. The zero-order valence-electron chi connectivity index (χ0n) is 17.7. The van der Waals surface area contributed by atoms with Gasteiger partial charge in [-0.15, -0.1) is 0 Å². The summed E-state index contributed by atoms with van der Waals surface area (Å²) in [5, 5.41) is 0. The summed E-state index contributed by atoms with van der Waals surface area (Å²) in [5.74, 6) is 1.03. The molecule has 0 aromatic heterocycles. The van der Waals surface area contributed by atoms with Gasteiger partial charge in [0.15, 0.2) is 11.6 Å². The smallest absolute Gasteiger partial charge is 0.166 e. The maximum Gasteiger partial charge on any atom is 0.166 e. The first-order valence-electron chi connectivity index (χ1n) is 11.4. The first-order chi connectivity index (χ1) is 13.6. The van der Waals surface area contributed by atoms with Gasteiger partial charge >= 0.3 is 0 Å². The molecule has 1 fully saturated rings. The van der Waals surface area contributed by atoms with E-state index in [-0.39, 0.29) is 0 Å². The van der Waals surface area contributed by atoms with Gasteiger partial charge in [0.1, 0.15) is 0 Å². The Kier molecular flexibility index (Phi) is 7.88. The van der Waals surface area contributed by atoms with Crippen LogP contribution in [0.25, 0.3) is 5.57 Å². The molecule has 1 aromatic carbocycles. The Hall–Kier alpha value is -1.44. The first kappa shape index (κ1) is 21.3. The fourth-order valence-corrected chi connectivity index (χ4v) is 5.20. The van der Waals surface area contributed by atoms with Gasteiger partial charge in [0.25, 0.3) is 0 Å². The fraction of sp³-hybridized carbons (Fsp3) is 0.615. The van der Waals surface area contributed by atoms with Crippen molar-refractivity contribution in [3.05, 3.63) is 53.1 Å². The molecule has 2 aliphatic carbocycles. The van der Waals surface area contributed by atoms with Crippen molar-refractivity contribution in [2.45, 2.75) is 84.5 Å². The third kappa shape index (κ3) is 5.13. The van der Waals surface area contributed by atoms with Gasteiger partial charge < -0.3 is 0 Å². The molecule has 0 nitrogen and oxygen atoms in total. The number of hydrogen-bond acceptors (Lipinski definition) is 0. The van der Waals surface area contributed by atoms with E-state index in [0.717, 1.165) is 61.9 Å². The number of aryl methyl sites for hydroxylation is 1. The SMILES string of the molecule is C/C=C/C1CCC(C2CC=C(c3ccc(CCCCC)c(F)c3F)CC2)CC1. The molecule has 0 bridgehead atoms. The molecule has 1 unspecified atom stereocenters. The van der Waals surface area contributed by atoms with Crippen LogP contribution in [-0.2, 0) is 6.42 Å². The van der Waals surface area contributed by atoms with Gasteiger partial charge in [0.2, 0.25) is 0 Å². The van der Waals surface area contributed by atoms with E-state index >= 15 is 0 Å². The third-order valence-electron chi connectivity index (χ3n) is 6.96. The fourth-order valence-electron chi connectivity index (χ4n) is 5.20. The summed E-state index contributed by atoms with van der Waals surface area (Å²) in [4.78, 5) is 0. The normalized spacial score (nSPS) is 25.9. The lowest BCUT2D eigenvalue weighted by molar-refractivity contribution is 0.212. The van der Waals surface area contributed by atoms with Crippen molar-refractivity contribution in [3.63, 3.8) is 0 Å². The van der Waals surface area contributed by atoms with Gasteiger partial charge in [-0.25, -0.2) is 8.78 Å². The molecule has 28 heavy (non-hydrogen) atoms. The van der Waals surface area contributed by atoms with Crippen molar-refractivity contribution in [2.75, 3.05) is 0 Å². The molecule has 1 aromatic rings. The molecule has 0 N–H and O–H groups in total. The predicted molar refractivity (Wildman–Crippen MR) is 115 cm³/mol. The Morgan fingerprint density at radius 1 is 0.964 bits per heavy atom. The van der Waals surface area contributed by atoms with Crippen LogP contribution in [0.4, 0.5) is 8.78 Å². The summed E-state index contributed by atoms with van der Waals surface area (Å²) in [6.07, 6.45) is 18.7. The van der Waals surface area contributed by atoms with Gasteiger partial charge in [-0.05, 0) is 93.6 Å². The summed E-state index contributed by atoms with van der Waals surface area (Å²) in [6.45, 7) is 4.23. The van der Waals surface area contributed by atoms with Crippen molar-refractivity contribution in [3.8, 4) is 0 Å². The number of benzene rings is 1. The topological polar surface area (TPSA) is 0 Å². The molecule has 0 saturated heterocycles. The van der Waals surface area contributed by atoms with E-state index in [4.69, 9.17) is 0 Å². The lowest BCUT2D eigenvalue weighted by Crippen LogP contribution is -2.22. The minimum Gasteiger partial charge on any atom is -0.203 e. The average Bonchev–Trinajstić information content (AvgIpc) is 2.72. The third-order valence-corrected chi connectivity index (χ3v) is 6.96. The molecule has 0 spiro atoms. The van der Waals surface area contributed by atoms with Crippen LogP contribution in [0.1, 0.15) is 89.2 Å². The molecule has 0 amide bonds. The lowest BCUT2D eigenvalue weighted by atomic mass is 9.71. The van der Waals surface area contributed by atoms with E-state index in [1.165, 1.54) is 25.7 Å². The number of halogens is 2. The Balaban J connectivity index is 1.61. The number of unbranched alkanes of at least 4 members (excludes halogenated alkanes) is 2. The number of rotatable bonds is 7. The van der Waals surface area contributed by atoms with Crippen molar-refractivity contribution >= 4 is 5.57 Å². The second-order valence-electron chi connectivity index (χ2n) is 8.82. The van der Waals surface area contributed by atoms with E-state index in [9.17, 15) is 8.78 Å². The maximum absolute atomic E-state index is 14.7. The van der Waals surface area contributed by atoms with Crippen LogP contribution in [0.15, 0.2) is 30.4 Å². The highest BCUT2D eigenvalue weighted by Gasteiger charge is 2.28. The van der Waals surface area contributed by atoms with Crippen molar-refractivity contribution in [2.24, 2.45) is 17.8 Å². The van der Waals surface area contributed by atoms with Gasteiger partial charge in [0, 0.05) is 5.56 Å². The van der Waals surface area contributed by atoms with Crippen molar-refractivity contribution in [1.82, 2.24) is 0 Å². The van der Waals surface area contributed by atoms with Gasteiger partial charge in [-0.2, -0.15) is 0 Å². The van der Waals surface area contributed by atoms with Crippen LogP contribution in [0.3, 0.4) is 0 Å². The van der Waals surface area contributed by atoms with Crippen molar-refractivity contribution in [1.29, 1.82) is 0 Å². The van der Waals surface area contributed by atoms with E-state index in [2.05, 4.69) is 32.1 Å². The molecule has 3 rings (SSSR count). The van der Waals surface area contributed by atoms with Crippen molar-refractivity contribution < 1.29 is 8.78 Å². The molecular formula is C26H36F2. The molecule has 0 heterocycles. The predicted octanol–water partition coefficient (Wildman–Crippen LogP) is 8.26. The Bertz CT molecular complexity index is 693. The average molecular weight is 387 g/mol. The molecule has 0 aliphatic heterocycles. The maximum atomic E-state index is 14.7. The highest BCUT2D eigenvalue weighted by Crippen LogP contribution is 2.42. The van der Waals surface area contributed by atoms with E-state index in [1.807, 2.05) is 6.07 Å². The highest BCUT2D eigenvalue weighted by molar-refractivity contribution is 5.67. The summed E-state index contributed by atoms with van der Waals surface area (Å²) >= 11 is 0. The zero-order valence-corrected chi connectivity index (χ0v) is 17.7. The van der Waals surface area contributed by atoms with Crippen LogP contribution >= 0.6 is 0 Å². The molecule has 0 radical (unpaired) electrons. The molecule has 1 saturated carbocycles. The molecule has 154 valence electrons. The monoisotopic (exact) mass is 386 g/mol. The van der Waals surface area contributed by atoms with Crippen LogP contribution in [0.2, 0.25) is 0 Å². The number of hydrogen-bond donors (Lipinski definition) is 0. The number of allylic oxidation sites excluding steroid dienone is 4.